The number of amides is 1. The topological polar surface area (TPSA) is 69.0 Å². The Hall–Kier alpha value is -3.00. The summed E-state index contributed by atoms with van der Waals surface area (Å²) in [6, 6.07) is 22.0. The van der Waals surface area contributed by atoms with Crippen LogP contribution in [0.25, 0.3) is 5.69 Å². The normalized spacial score (nSPS) is 11.8. The van der Waals surface area contributed by atoms with Crippen molar-refractivity contribution in [1.82, 2.24) is 20.1 Å². The van der Waals surface area contributed by atoms with Crippen molar-refractivity contribution in [3.05, 3.63) is 99.8 Å². The molecule has 1 aromatic heterocycles. The Balaban J connectivity index is 1.56. The minimum absolute atomic E-state index is 0.224. The highest BCUT2D eigenvalue weighted by molar-refractivity contribution is 7.98. The fourth-order valence-corrected chi connectivity index (χ4v) is 4.92. The largest absolute Gasteiger partial charge is 0.494 e. The van der Waals surface area contributed by atoms with Gasteiger partial charge in [0, 0.05) is 16.3 Å². The molecule has 37 heavy (non-hydrogen) atoms. The van der Waals surface area contributed by atoms with Crippen LogP contribution in [0.4, 0.5) is 0 Å². The molecule has 4 rings (SSSR count). The zero-order chi connectivity index (χ0) is 26.2. The summed E-state index contributed by atoms with van der Waals surface area (Å²) in [5, 5.41) is 13.6. The smallest absolute Gasteiger partial charge is 0.251 e. The molecule has 4 aromatic rings. The van der Waals surface area contributed by atoms with Crippen molar-refractivity contribution >= 4 is 40.9 Å². The lowest BCUT2D eigenvalue weighted by atomic mass is 10.2. The van der Waals surface area contributed by atoms with Crippen LogP contribution in [0.15, 0.2) is 78.0 Å². The minimum Gasteiger partial charge on any atom is -0.494 e. The van der Waals surface area contributed by atoms with Crippen molar-refractivity contribution in [2.24, 2.45) is 0 Å². The van der Waals surface area contributed by atoms with Gasteiger partial charge in [0.05, 0.1) is 23.4 Å². The van der Waals surface area contributed by atoms with Gasteiger partial charge in [-0.15, -0.1) is 10.2 Å². The van der Waals surface area contributed by atoms with Crippen LogP contribution in [0.5, 0.6) is 5.75 Å². The van der Waals surface area contributed by atoms with Gasteiger partial charge in [0.1, 0.15) is 5.75 Å². The van der Waals surface area contributed by atoms with E-state index >= 15 is 0 Å². The van der Waals surface area contributed by atoms with Crippen LogP contribution in [0.3, 0.4) is 0 Å². The van der Waals surface area contributed by atoms with E-state index in [0.29, 0.717) is 44.6 Å². The SMILES string of the molecule is CCCCOc1ccc(C(=O)NC(C)c2nnc(SCc3ccccc3)n2-c2cc(Cl)ccc2Cl)cc1. The van der Waals surface area contributed by atoms with E-state index in [4.69, 9.17) is 27.9 Å². The average Bonchev–Trinajstić information content (AvgIpc) is 3.34. The monoisotopic (exact) mass is 554 g/mol. The van der Waals surface area contributed by atoms with E-state index in [0.717, 1.165) is 24.2 Å². The van der Waals surface area contributed by atoms with Gasteiger partial charge >= 0.3 is 0 Å². The van der Waals surface area contributed by atoms with Crippen LogP contribution >= 0.6 is 35.0 Å². The zero-order valence-corrected chi connectivity index (χ0v) is 23.0. The van der Waals surface area contributed by atoms with E-state index in [1.807, 2.05) is 41.8 Å². The van der Waals surface area contributed by atoms with E-state index in [1.165, 1.54) is 11.8 Å². The molecule has 3 aromatic carbocycles. The van der Waals surface area contributed by atoms with Crippen LogP contribution in [-0.4, -0.2) is 27.3 Å². The first-order valence-corrected chi connectivity index (χ1v) is 13.8. The number of nitrogens with zero attached hydrogens (tertiary/aromatic N) is 3. The lowest BCUT2D eigenvalue weighted by molar-refractivity contribution is 0.0938. The third-order valence-corrected chi connectivity index (χ3v) is 7.19. The van der Waals surface area contributed by atoms with Crippen LogP contribution < -0.4 is 10.1 Å². The molecular weight excluding hydrogens is 527 g/mol. The Morgan fingerprint density at radius 3 is 2.54 bits per heavy atom. The highest BCUT2D eigenvalue weighted by atomic mass is 35.5. The van der Waals surface area contributed by atoms with Crippen molar-refractivity contribution in [2.75, 3.05) is 6.61 Å². The average molecular weight is 556 g/mol. The second-order valence-corrected chi connectivity index (χ2v) is 10.3. The van der Waals surface area contributed by atoms with E-state index in [9.17, 15) is 4.79 Å². The molecule has 1 N–H and O–H groups in total. The molecule has 0 aliphatic rings. The Morgan fingerprint density at radius 1 is 1.05 bits per heavy atom. The third kappa shape index (κ3) is 7.06. The number of ether oxygens (including phenoxy) is 1. The molecule has 0 fully saturated rings. The Kier molecular flexibility index (Phi) is 9.50. The second kappa shape index (κ2) is 13.0. The molecule has 9 heteroatoms. The number of halogens is 2. The van der Waals surface area contributed by atoms with Crippen LogP contribution in [-0.2, 0) is 5.75 Å². The summed E-state index contributed by atoms with van der Waals surface area (Å²) in [6.45, 7) is 4.64. The summed E-state index contributed by atoms with van der Waals surface area (Å²) in [5.74, 6) is 1.77. The number of unbranched alkanes of at least 4 members (excludes halogenated alkanes) is 1. The first-order chi connectivity index (χ1) is 18.0. The van der Waals surface area contributed by atoms with Gasteiger partial charge in [-0.25, -0.2) is 0 Å². The quantitative estimate of drug-likeness (QED) is 0.153. The van der Waals surface area contributed by atoms with Crippen molar-refractivity contribution in [1.29, 1.82) is 0 Å². The molecule has 0 saturated carbocycles. The fraction of sp³-hybridized carbons (Fsp3) is 0.250. The second-order valence-electron chi connectivity index (χ2n) is 8.47. The van der Waals surface area contributed by atoms with E-state index in [-0.39, 0.29) is 5.91 Å². The number of nitrogens with one attached hydrogen (secondary N) is 1. The maximum absolute atomic E-state index is 13.0. The van der Waals surface area contributed by atoms with Gasteiger partial charge in [-0.05, 0) is 61.4 Å². The summed E-state index contributed by atoms with van der Waals surface area (Å²) in [4.78, 5) is 13.0. The first-order valence-electron chi connectivity index (χ1n) is 12.1. The number of rotatable bonds is 11. The van der Waals surface area contributed by atoms with Crippen molar-refractivity contribution in [2.45, 2.75) is 43.6 Å². The molecule has 1 atom stereocenters. The number of carbonyl (C=O) groups excluding carboxylic acids is 1. The van der Waals surface area contributed by atoms with E-state index in [1.54, 1.807) is 30.3 Å². The Morgan fingerprint density at radius 2 is 1.81 bits per heavy atom. The van der Waals surface area contributed by atoms with Gasteiger partial charge in [0.15, 0.2) is 11.0 Å². The molecule has 1 unspecified atom stereocenters. The van der Waals surface area contributed by atoms with Gasteiger partial charge in [-0.1, -0.05) is 78.6 Å². The van der Waals surface area contributed by atoms with Crippen LogP contribution in [0.1, 0.15) is 54.5 Å². The van der Waals surface area contributed by atoms with E-state index < -0.39 is 6.04 Å². The molecule has 6 nitrogen and oxygen atoms in total. The molecular formula is C28H28Cl2N4O2S. The summed E-state index contributed by atoms with van der Waals surface area (Å²) in [7, 11) is 0. The molecule has 1 amide bonds. The maximum atomic E-state index is 13.0. The number of hydrogen-bond acceptors (Lipinski definition) is 5. The van der Waals surface area contributed by atoms with Gasteiger partial charge in [-0.2, -0.15) is 0 Å². The van der Waals surface area contributed by atoms with Crippen molar-refractivity contribution in [3.8, 4) is 11.4 Å². The number of aromatic nitrogens is 3. The lowest BCUT2D eigenvalue weighted by Gasteiger charge is -2.17. The summed E-state index contributed by atoms with van der Waals surface area (Å²) in [6.07, 6.45) is 2.05. The lowest BCUT2D eigenvalue weighted by Crippen LogP contribution is -2.28. The first kappa shape index (κ1) is 27.0. The zero-order valence-electron chi connectivity index (χ0n) is 20.7. The predicted octanol–water partition coefficient (Wildman–Crippen LogP) is 7.54. The third-order valence-electron chi connectivity index (χ3n) is 5.64. The van der Waals surface area contributed by atoms with Gasteiger partial charge in [-0.3, -0.25) is 9.36 Å². The molecule has 1 heterocycles. The highest BCUT2D eigenvalue weighted by Gasteiger charge is 2.23. The van der Waals surface area contributed by atoms with Gasteiger partial charge < -0.3 is 10.1 Å². The van der Waals surface area contributed by atoms with Crippen molar-refractivity contribution in [3.63, 3.8) is 0 Å². The number of benzene rings is 3. The highest BCUT2D eigenvalue weighted by Crippen LogP contribution is 2.32. The van der Waals surface area contributed by atoms with Crippen LogP contribution in [0.2, 0.25) is 10.0 Å². The molecule has 0 bridgehead atoms. The molecule has 0 radical (unpaired) electrons. The number of hydrogen-bond donors (Lipinski definition) is 1. The Bertz CT molecular complexity index is 1330. The molecule has 192 valence electrons. The van der Waals surface area contributed by atoms with Gasteiger partial charge in [0.25, 0.3) is 5.91 Å². The Labute approximate surface area is 231 Å². The van der Waals surface area contributed by atoms with E-state index in [2.05, 4.69) is 34.6 Å². The number of thioether (sulfide) groups is 1. The standard InChI is InChI=1S/C28H28Cl2N4O2S/c1-3-4-16-36-23-13-10-21(11-14-23)27(35)31-19(2)26-32-33-28(37-18-20-8-6-5-7-9-20)34(26)25-17-22(29)12-15-24(25)30/h5-15,17,19H,3-4,16,18H2,1-2H3,(H,31,35). The fourth-order valence-electron chi connectivity index (χ4n) is 3.64. The minimum atomic E-state index is -0.457. The predicted molar refractivity (Wildman–Crippen MR) is 150 cm³/mol. The summed E-state index contributed by atoms with van der Waals surface area (Å²) < 4.78 is 7.55. The summed E-state index contributed by atoms with van der Waals surface area (Å²) >= 11 is 14.4. The molecule has 0 spiro atoms. The van der Waals surface area contributed by atoms with Crippen molar-refractivity contribution < 1.29 is 9.53 Å². The van der Waals surface area contributed by atoms with Gasteiger partial charge in [0.2, 0.25) is 0 Å². The molecule has 0 saturated heterocycles. The van der Waals surface area contributed by atoms with Crippen LogP contribution in [0, 0.1) is 0 Å². The summed E-state index contributed by atoms with van der Waals surface area (Å²) in [5.41, 5.74) is 2.34. The maximum Gasteiger partial charge on any atom is 0.251 e. The molecule has 0 aliphatic heterocycles. The molecule has 0 aliphatic carbocycles. The number of carbonyl (C=O) groups is 1.